The zero-order valence-electron chi connectivity index (χ0n) is 11.9. The number of rotatable bonds is 4. The summed E-state index contributed by atoms with van der Waals surface area (Å²) in [5, 5.41) is 11.1. The van der Waals surface area contributed by atoms with Gasteiger partial charge in [-0.15, -0.1) is 0 Å². The minimum absolute atomic E-state index is 0.0143. The van der Waals surface area contributed by atoms with Gasteiger partial charge in [-0.2, -0.15) is 4.39 Å². The van der Waals surface area contributed by atoms with Crippen LogP contribution in [0.1, 0.15) is 32.6 Å². The van der Waals surface area contributed by atoms with Crippen LogP contribution in [0.4, 0.5) is 20.2 Å². The minimum Gasteiger partial charge on any atom is -0.363 e. The molecule has 116 valence electrons. The van der Waals surface area contributed by atoms with Crippen LogP contribution in [0.15, 0.2) is 12.1 Å². The van der Waals surface area contributed by atoms with Crippen molar-refractivity contribution in [1.82, 2.24) is 0 Å². The van der Waals surface area contributed by atoms with Crippen LogP contribution in [0.25, 0.3) is 0 Å². The number of nitro groups is 1. The molecule has 0 atom stereocenters. The van der Waals surface area contributed by atoms with Crippen molar-refractivity contribution in [2.75, 3.05) is 11.4 Å². The third-order valence-electron chi connectivity index (χ3n) is 4.02. The largest absolute Gasteiger partial charge is 0.363 e. The molecule has 7 heteroatoms. The molecule has 1 fully saturated rings. The Morgan fingerprint density at radius 2 is 1.95 bits per heavy atom. The predicted molar refractivity (Wildman–Crippen MR) is 76.3 cm³/mol. The smallest absolute Gasteiger partial charge is 0.328 e. The Kier molecular flexibility index (Phi) is 4.72. The molecule has 1 aromatic rings. The Balaban J connectivity index is 2.39. The summed E-state index contributed by atoms with van der Waals surface area (Å²) in [6.45, 7) is 2.27. The fourth-order valence-corrected chi connectivity index (χ4v) is 2.99. The van der Waals surface area contributed by atoms with Gasteiger partial charge in [0.05, 0.1) is 4.92 Å². The maximum atomic E-state index is 13.8. The summed E-state index contributed by atoms with van der Waals surface area (Å²) in [7, 11) is 0. The molecule has 0 amide bonds. The van der Waals surface area contributed by atoms with Crippen molar-refractivity contribution < 1.29 is 13.7 Å². The van der Waals surface area contributed by atoms with Crippen LogP contribution in [-0.2, 0) is 0 Å². The molecule has 0 unspecified atom stereocenters. The van der Waals surface area contributed by atoms with Crippen molar-refractivity contribution in [2.45, 2.75) is 44.7 Å². The Labute approximate surface area is 121 Å². The van der Waals surface area contributed by atoms with Gasteiger partial charge in [0, 0.05) is 30.8 Å². The van der Waals surface area contributed by atoms with Gasteiger partial charge in [-0.05, 0) is 32.6 Å². The van der Waals surface area contributed by atoms with E-state index in [1.807, 2.05) is 6.92 Å². The highest BCUT2D eigenvalue weighted by Crippen LogP contribution is 2.35. The van der Waals surface area contributed by atoms with E-state index in [1.165, 1.54) is 0 Å². The van der Waals surface area contributed by atoms with Gasteiger partial charge in [0.15, 0.2) is 0 Å². The summed E-state index contributed by atoms with van der Waals surface area (Å²) in [6, 6.07) is 1.75. The van der Waals surface area contributed by atoms with Gasteiger partial charge >= 0.3 is 5.69 Å². The number of benzene rings is 1. The van der Waals surface area contributed by atoms with E-state index in [1.54, 1.807) is 4.90 Å². The van der Waals surface area contributed by atoms with E-state index in [0.717, 1.165) is 31.7 Å². The molecule has 0 bridgehead atoms. The average Bonchev–Trinajstić information content (AvgIpc) is 2.40. The third-order valence-corrected chi connectivity index (χ3v) is 4.02. The molecule has 0 aromatic heterocycles. The number of nitrogens with two attached hydrogens (primary N) is 1. The summed E-state index contributed by atoms with van der Waals surface area (Å²) in [5.41, 5.74) is 5.21. The minimum atomic E-state index is -1.14. The third kappa shape index (κ3) is 3.29. The van der Waals surface area contributed by atoms with Crippen molar-refractivity contribution in [2.24, 2.45) is 5.73 Å². The van der Waals surface area contributed by atoms with Crippen LogP contribution in [0.5, 0.6) is 0 Å². The monoisotopic (exact) mass is 299 g/mol. The van der Waals surface area contributed by atoms with Crippen LogP contribution in [0.3, 0.4) is 0 Å². The fourth-order valence-electron chi connectivity index (χ4n) is 2.99. The van der Waals surface area contributed by atoms with Gasteiger partial charge < -0.3 is 10.6 Å². The molecule has 0 heterocycles. The Morgan fingerprint density at radius 3 is 2.48 bits per heavy atom. The van der Waals surface area contributed by atoms with Crippen LogP contribution >= 0.6 is 0 Å². The van der Waals surface area contributed by atoms with Crippen molar-refractivity contribution >= 4 is 11.4 Å². The number of anilines is 1. The first kappa shape index (κ1) is 15.6. The quantitative estimate of drug-likeness (QED) is 0.685. The van der Waals surface area contributed by atoms with Gasteiger partial charge in [0.2, 0.25) is 5.82 Å². The molecular formula is C14H19F2N3O2. The maximum Gasteiger partial charge on any atom is 0.328 e. The summed E-state index contributed by atoms with van der Waals surface area (Å²) in [4.78, 5) is 12.0. The van der Waals surface area contributed by atoms with Crippen LogP contribution in [0.2, 0.25) is 0 Å². The highest BCUT2D eigenvalue weighted by Gasteiger charge is 2.31. The lowest BCUT2D eigenvalue weighted by atomic mass is 9.90. The van der Waals surface area contributed by atoms with Gasteiger partial charge in [-0.25, -0.2) is 4.39 Å². The Hall–Kier alpha value is -1.76. The number of nitro benzene ring substituents is 1. The lowest BCUT2D eigenvalue weighted by Gasteiger charge is -2.36. The average molecular weight is 299 g/mol. The number of hydrogen-bond donors (Lipinski definition) is 1. The summed E-state index contributed by atoms with van der Waals surface area (Å²) < 4.78 is 27.2. The molecule has 0 spiro atoms. The zero-order valence-corrected chi connectivity index (χ0v) is 11.9. The second-order valence-corrected chi connectivity index (χ2v) is 5.37. The number of halogens is 2. The van der Waals surface area contributed by atoms with Crippen molar-refractivity contribution in [3.63, 3.8) is 0 Å². The van der Waals surface area contributed by atoms with Gasteiger partial charge in [-0.1, -0.05) is 0 Å². The highest BCUT2D eigenvalue weighted by molar-refractivity contribution is 5.64. The van der Waals surface area contributed by atoms with E-state index >= 15 is 0 Å². The zero-order chi connectivity index (χ0) is 15.6. The molecule has 0 radical (unpaired) electrons. The van der Waals surface area contributed by atoms with Crippen molar-refractivity contribution in [3.8, 4) is 0 Å². The first-order valence-corrected chi connectivity index (χ1v) is 7.09. The summed E-state index contributed by atoms with van der Waals surface area (Å²) >= 11 is 0. The lowest BCUT2D eigenvalue weighted by Crippen LogP contribution is -2.41. The van der Waals surface area contributed by atoms with E-state index in [9.17, 15) is 18.9 Å². The lowest BCUT2D eigenvalue weighted by molar-refractivity contribution is -0.386. The molecule has 5 nitrogen and oxygen atoms in total. The molecule has 1 aliphatic rings. The van der Waals surface area contributed by atoms with Gasteiger partial charge in [-0.3, -0.25) is 10.1 Å². The Bertz CT molecular complexity index is 531. The summed E-state index contributed by atoms with van der Waals surface area (Å²) in [6.07, 6.45) is 3.16. The number of hydrogen-bond acceptors (Lipinski definition) is 4. The standard InChI is InChI=1S/C14H19F2N3O2/c1-2-18(11-5-3-10(17)4-6-11)13-8-9(15)7-12(16)14(13)19(20)21/h7-8,10-11H,2-6,17H2,1H3. The SMILES string of the molecule is CCN(c1cc(F)cc(F)c1[N+](=O)[O-])C1CCC(N)CC1. The van der Waals surface area contributed by atoms with Gasteiger partial charge in [0.1, 0.15) is 11.5 Å². The second kappa shape index (κ2) is 6.34. The maximum absolute atomic E-state index is 13.8. The second-order valence-electron chi connectivity index (χ2n) is 5.37. The molecule has 21 heavy (non-hydrogen) atoms. The molecule has 1 aliphatic carbocycles. The molecule has 0 aliphatic heterocycles. The highest BCUT2D eigenvalue weighted by atomic mass is 19.1. The molecule has 1 saturated carbocycles. The predicted octanol–water partition coefficient (Wildman–Crippen LogP) is 2.97. The van der Waals surface area contributed by atoms with E-state index < -0.39 is 22.2 Å². The summed E-state index contributed by atoms with van der Waals surface area (Å²) in [5.74, 6) is -1.94. The molecule has 2 rings (SSSR count). The molecule has 0 saturated heterocycles. The molecule has 2 N–H and O–H groups in total. The normalized spacial score (nSPS) is 22.1. The fraction of sp³-hybridized carbons (Fsp3) is 0.571. The van der Waals surface area contributed by atoms with Crippen molar-refractivity contribution in [3.05, 3.63) is 33.9 Å². The van der Waals surface area contributed by atoms with E-state index in [2.05, 4.69) is 0 Å². The van der Waals surface area contributed by atoms with Crippen LogP contribution in [-0.4, -0.2) is 23.6 Å². The first-order valence-electron chi connectivity index (χ1n) is 7.09. The van der Waals surface area contributed by atoms with E-state index in [-0.39, 0.29) is 17.8 Å². The van der Waals surface area contributed by atoms with Gasteiger partial charge in [0.25, 0.3) is 0 Å². The number of nitrogens with zero attached hydrogens (tertiary/aromatic N) is 2. The topological polar surface area (TPSA) is 72.4 Å². The van der Waals surface area contributed by atoms with Crippen molar-refractivity contribution in [1.29, 1.82) is 0 Å². The van der Waals surface area contributed by atoms with E-state index in [4.69, 9.17) is 5.73 Å². The Morgan fingerprint density at radius 1 is 1.33 bits per heavy atom. The molecular weight excluding hydrogens is 280 g/mol. The van der Waals surface area contributed by atoms with E-state index in [0.29, 0.717) is 12.6 Å². The van der Waals surface area contributed by atoms with Crippen LogP contribution in [0, 0.1) is 21.7 Å². The molecule has 1 aromatic carbocycles. The first-order chi connectivity index (χ1) is 9.93. The van der Waals surface area contributed by atoms with Crippen LogP contribution < -0.4 is 10.6 Å².